The molecule has 1 fully saturated rings. The number of ether oxygens (including phenoxy) is 1. The van der Waals surface area contributed by atoms with Gasteiger partial charge in [0.2, 0.25) is 0 Å². The molecular weight excluding hydrogens is 276 g/mol. The second-order valence-electron chi connectivity index (χ2n) is 5.75. The SMILES string of the molecule is CC(C)N1CCOC(C(Cc2cc(F)cc(F)c2)NN)C1. The van der Waals surface area contributed by atoms with Crippen LogP contribution in [-0.4, -0.2) is 42.8 Å². The number of nitrogens with one attached hydrogen (secondary N) is 1. The van der Waals surface area contributed by atoms with Crippen molar-refractivity contribution >= 4 is 0 Å². The van der Waals surface area contributed by atoms with Gasteiger partial charge in [-0.1, -0.05) is 0 Å². The highest BCUT2D eigenvalue weighted by Crippen LogP contribution is 2.16. The summed E-state index contributed by atoms with van der Waals surface area (Å²) in [5, 5.41) is 0. The Morgan fingerprint density at radius 2 is 2.00 bits per heavy atom. The number of hydrazine groups is 1. The Morgan fingerprint density at radius 1 is 1.33 bits per heavy atom. The molecule has 0 spiro atoms. The lowest BCUT2D eigenvalue weighted by Crippen LogP contribution is -2.56. The number of hydrogen-bond acceptors (Lipinski definition) is 4. The van der Waals surface area contributed by atoms with Crippen molar-refractivity contribution in [2.24, 2.45) is 5.84 Å². The summed E-state index contributed by atoms with van der Waals surface area (Å²) in [6, 6.07) is 3.77. The molecule has 0 bridgehead atoms. The average molecular weight is 299 g/mol. The van der Waals surface area contributed by atoms with Crippen molar-refractivity contribution in [3.63, 3.8) is 0 Å². The Morgan fingerprint density at radius 3 is 2.57 bits per heavy atom. The molecule has 2 rings (SSSR count). The van der Waals surface area contributed by atoms with Crippen LogP contribution in [0.25, 0.3) is 0 Å². The zero-order valence-corrected chi connectivity index (χ0v) is 12.5. The monoisotopic (exact) mass is 299 g/mol. The van der Waals surface area contributed by atoms with E-state index < -0.39 is 11.6 Å². The fourth-order valence-corrected chi connectivity index (χ4v) is 2.69. The first-order valence-electron chi connectivity index (χ1n) is 7.26. The molecule has 2 unspecified atom stereocenters. The lowest BCUT2D eigenvalue weighted by atomic mass is 10.00. The van der Waals surface area contributed by atoms with Crippen molar-refractivity contribution < 1.29 is 13.5 Å². The minimum Gasteiger partial charge on any atom is -0.374 e. The summed E-state index contributed by atoms with van der Waals surface area (Å²) >= 11 is 0. The predicted octanol–water partition coefficient (Wildman–Crippen LogP) is 1.45. The first-order valence-corrected chi connectivity index (χ1v) is 7.26. The van der Waals surface area contributed by atoms with Crippen LogP contribution in [0.3, 0.4) is 0 Å². The second-order valence-corrected chi connectivity index (χ2v) is 5.75. The molecule has 1 aliphatic rings. The fourth-order valence-electron chi connectivity index (χ4n) is 2.69. The topological polar surface area (TPSA) is 50.5 Å². The van der Waals surface area contributed by atoms with E-state index in [2.05, 4.69) is 24.2 Å². The van der Waals surface area contributed by atoms with Crippen molar-refractivity contribution in [3.8, 4) is 0 Å². The Labute approximate surface area is 124 Å². The molecule has 0 aliphatic carbocycles. The summed E-state index contributed by atoms with van der Waals surface area (Å²) in [6.45, 7) is 6.55. The predicted molar refractivity (Wildman–Crippen MR) is 77.6 cm³/mol. The lowest BCUT2D eigenvalue weighted by molar-refractivity contribution is -0.0552. The van der Waals surface area contributed by atoms with Gasteiger partial charge in [0, 0.05) is 25.2 Å². The molecule has 2 atom stereocenters. The zero-order chi connectivity index (χ0) is 15.4. The standard InChI is InChI=1S/C15H23F2N3O/c1-10(2)20-3-4-21-15(9-20)14(19-18)7-11-5-12(16)8-13(17)6-11/h5-6,8,10,14-15,19H,3-4,7,9,18H2,1-2H3. The summed E-state index contributed by atoms with van der Waals surface area (Å²) in [7, 11) is 0. The highest BCUT2D eigenvalue weighted by molar-refractivity contribution is 5.19. The fraction of sp³-hybridized carbons (Fsp3) is 0.600. The highest BCUT2D eigenvalue weighted by Gasteiger charge is 2.28. The molecule has 0 amide bonds. The van der Waals surface area contributed by atoms with Gasteiger partial charge in [-0.2, -0.15) is 0 Å². The molecule has 1 aliphatic heterocycles. The van der Waals surface area contributed by atoms with Crippen molar-refractivity contribution in [2.75, 3.05) is 19.7 Å². The Kier molecular flexibility index (Phi) is 5.64. The Bertz CT molecular complexity index is 450. The molecule has 4 nitrogen and oxygen atoms in total. The maximum Gasteiger partial charge on any atom is 0.126 e. The summed E-state index contributed by atoms with van der Waals surface area (Å²) in [5.74, 6) is 4.46. The molecular formula is C15H23F2N3O. The maximum atomic E-state index is 13.3. The van der Waals surface area contributed by atoms with E-state index in [1.54, 1.807) is 0 Å². The third-order valence-electron chi connectivity index (χ3n) is 3.90. The average Bonchev–Trinajstić information content (AvgIpc) is 2.44. The number of halogens is 2. The van der Waals surface area contributed by atoms with Gasteiger partial charge in [-0.25, -0.2) is 8.78 Å². The van der Waals surface area contributed by atoms with Gasteiger partial charge in [-0.3, -0.25) is 16.2 Å². The van der Waals surface area contributed by atoms with Crippen LogP contribution in [-0.2, 0) is 11.2 Å². The second kappa shape index (κ2) is 7.26. The van der Waals surface area contributed by atoms with Gasteiger partial charge in [-0.05, 0) is 38.0 Å². The van der Waals surface area contributed by atoms with Crippen molar-refractivity contribution in [2.45, 2.75) is 38.5 Å². The third kappa shape index (κ3) is 4.44. The molecule has 21 heavy (non-hydrogen) atoms. The van der Waals surface area contributed by atoms with Crippen LogP contribution in [0.4, 0.5) is 8.78 Å². The van der Waals surface area contributed by atoms with Gasteiger partial charge in [0.1, 0.15) is 11.6 Å². The van der Waals surface area contributed by atoms with Crippen LogP contribution >= 0.6 is 0 Å². The molecule has 6 heteroatoms. The molecule has 118 valence electrons. The van der Waals surface area contributed by atoms with Crippen LogP contribution in [0.2, 0.25) is 0 Å². The largest absolute Gasteiger partial charge is 0.374 e. The zero-order valence-electron chi connectivity index (χ0n) is 12.5. The molecule has 1 heterocycles. The molecule has 3 N–H and O–H groups in total. The van der Waals surface area contributed by atoms with Crippen LogP contribution < -0.4 is 11.3 Å². The van der Waals surface area contributed by atoms with Gasteiger partial charge < -0.3 is 4.74 Å². The van der Waals surface area contributed by atoms with Gasteiger partial charge in [0.25, 0.3) is 0 Å². The Hall–Kier alpha value is -1.08. The van der Waals surface area contributed by atoms with Crippen LogP contribution in [0, 0.1) is 11.6 Å². The van der Waals surface area contributed by atoms with E-state index in [4.69, 9.17) is 10.6 Å². The quantitative estimate of drug-likeness (QED) is 0.638. The lowest BCUT2D eigenvalue weighted by Gasteiger charge is -2.38. The minimum absolute atomic E-state index is 0.0996. The summed E-state index contributed by atoms with van der Waals surface area (Å²) in [6.07, 6.45) is 0.319. The van der Waals surface area contributed by atoms with Gasteiger partial charge in [0.05, 0.1) is 18.8 Å². The van der Waals surface area contributed by atoms with Crippen LogP contribution in [0.5, 0.6) is 0 Å². The van der Waals surface area contributed by atoms with Crippen molar-refractivity contribution in [3.05, 3.63) is 35.4 Å². The number of nitrogens with zero attached hydrogens (tertiary/aromatic N) is 1. The van der Waals surface area contributed by atoms with E-state index in [0.29, 0.717) is 24.6 Å². The van der Waals surface area contributed by atoms with Crippen molar-refractivity contribution in [1.29, 1.82) is 0 Å². The summed E-state index contributed by atoms with van der Waals surface area (Å²) < 4.78 is 32.3. The van der Waals surface area contributed by atoms with E-state index in [-0.39, 0.29) is 12.1 Å². The maximum absolute atomic E-state index is 13.3. The number of hydrogen-bond donors (Lipinski definition) is 2. The van der Waals surface area contributed by atoms with Crippen LogP contribution in [0.1, 0.15) is 19.4 Å². The van der Waals surface area contributed by atoms with E-state index in [1.165, 1.54) is 12.1 Å². The highest BCUT2D eigenvalue weighted by atomic mass is 19.1. The van der Waals surface area contributed by atoms with Gasteiger partial charge in [-0.15, -0.1) is 0 Å². The van der Waals surface area contributed by atoms with Crippen molar-refractivity contribution in [1.82, 2.24) is 10.3 Å². The van der Waals surface area contributed by atoms with E-state index in [9.17, 15) is 8.78 Å². The Balaban J connectivity index is 2.05. The van der Waals surface area contributed by atoms with E-state index in [1.807, 2.05) is 0 Å². The number of benzene rings is 1. The number of nitrogens with two attached hydrogens (primary N) is 1. The third-order valence-corrected chi connectivity index (χ3v) is 3.90. The first kappa shape index (κ1) is 16.3. The molecule has 0 aromatic heterocycles. The van der Waals surface area contributed by atoms with Gasteiger partial charge in [0.15, 0.2) is 0 Å². The molecule has 0 radical (unpaired) electrons. The molecule has 1 aromatic rings. The minimum atomic E-state index is -0.575. The van der Waals surface area contributed by atoms with Crippen LogP contribution in [0.15, 0.2) is 18.2 Å². The number of morpholine rings is 1. The molecule has 1 aromatic carbocycles. The summed E-state index contributed by atoms with van der Waals surface area (Å²) in [5.41, 5.74) is 3.29. The van der Waals surface area contributed by atoms with E-state index >= 15 is 0 Å². The normalized spacial score (nSPS) is 21.7. The van der Waals surface area contributed by atoms with E-state index in [0.717, 1.165) is 19.2 Å². The van der Waals surface area contributed by atoms with Gasteiger partial charge >= 0.3 is 0 Å². The molecule has 1 saturated heterocycles. The number of rotatable bonds is 5. The summed E-state index contributed by atoms with van der Waals surface area (Å²) in [4.78, 5) is 2.31. The molecule has 0 saturated carbocycles. The smallest absolute Gasteiger partial charge is 0.126 e. The first-order chi connectivity index (χ1) is 9.99.